The fourth-order valence-electron chi connectivity index (χ4n) is 2.71. The first-order valence-electron chi connectivity index (χ1n) is 6.30. The number of ketones is 1. The number of nitrogens with zero attached hydrogens (tertiary/aromatic N) is 2. The predicted octanol–water partition coefficient (Wildman–Crippen LogP) is 1.44. The van der Waals surface area contributed by atoms with Crippen LogP contribution in [0.15, 0.2) is 12.3 Å². The number of hydrogen-bond donors (Lipinski definition) is 1. The third-order valence-corrected chi connectivity index (χ3v) is 4.20. The Balaban J connectivity index is 1.96. The highest BCUT2D eigenvalue weighted by Crippen LogP contribution is 2.38. The Labute approximate surface area is 102 Å². The summed E-state index contributed by atoms with van der Waals surface area (Å²) in [6.07, 6.45) is 6.10. The van der Waals surface area contributed by atoms with Gasteiger partial charge in [0.1, 0.15) is 5.78 Å². The fourth-order valence-corrected chi connectivity index (χ4v) is 2.71. The first-order valence-corrected chi connectivity index (χ1v) is 6.30. The minimum Gasteiger partial charge on any atom is -0.327 e. The number of aryl methyl sites for hydroxylation is 2. The van der Waals surface area contributed by atoms with Crippen molar-refractivity contribution >= 4 is 5.78 Å². The molecule has 1 aromatic rings. The van der Waals surface area contributed by atoms with Crippen LogP contribution >= 0.6 is 0 Å². The van der Waals surface area contributed by atoms with E-state index in [1.807, 2.05) is 24.7 Å². The smallest absolute Gasteiger partial charge is 0.140 e. The maximum atomic E-state index is 12.3. The highest BCUT2D eigenvalue weighted by Gasteiger charge is 2.41. The summed E-state index contributed by atoms with van der Waals surface area (Å²) in [5.41, 5.74) is 6.87. The number of Topliss-reactive ketones (excluding diaryl/α,β-unsaturated/α-hetero) is 1. The van der Waals surface area contributed by atoms with Crippen molar-refractivity contribution in [3.63, 3.8) is 0 Å². The zero-order valence-electron chi connectivity index (χ0n) is 10.6. The maximum Gasteiger partial charge on any atom is 0.140 e. The Hall–Kier alpha value is -1.16. The molecule has 0 radical (unpaired) electrons. The molecule has 0 spiro atoms. The molecule has 1 aliphatic carbocycles. The van der Waals surface area contributed by atoms with Crippen molar-refractivity contribution in [2.75, 3.05) is 0 Å². The lowest BCUT2D eigenvalue weighted by Crippen LogP contribution is -2.41. The minimum absolute atomic E-state index is 0.0431. The molecule has 1 aromatic heterocycles. The van der Waals surface area contributed by atoms with Crippen molar-refractivity contribution in [3.8, 4) is 0 Å². The molecule has 0 saturated heterocycles. The molecule has 1 saturated carbocycles. The normalized spacial score (nSPS) is 28.5. The number of hydrogen-bond acceptors (Lipinski definition) is 3. The van der Waals surface area contributed by atoms with E-state index in [0.717, 1.165) is 31.4 Å². The molecule has 2 N–H and O–H groups in total. The van der Waals surface area contributed by atoms with E-state index < -0.39 is 0 Å². The third-order valence-electron chi connectivity index (χ3n) is 4.20. The van der Waals surface area contributed by atoms with Crippen LogP contribution in [0.1, 0.15) is 38.3 Å². The van der Waals surface area contributed by atoms with E-state index in [1.165, 1.54) is 0 Å². The minimum atomic E-state index is -0.293. The highest BCUT2D eigenvalue weighted by molar-refractivity contribution is 5.85. The molecule has 2 rings (SSSR count). The first-order chi connectivity index (χ1) is 8.04. The monoisotopic (exact) mass is 235 g/mol. The average molecular weight is 235 g/mol. The molecule has 0 bridgehead atoms. The number of aromatic nitrogens is 2. The van der Waals surface area contributed by atoms with Crippen molar-refractivity contribution in [1.29, 1.82) is 0 Å². The standard InChI is InChI=1S/C13H21N3O/c1-13(8-3-4-11(13)14)12(17)6-5-10-7-9-15-16(10)2/h7,9,11H,3-6,8,14H2,1-2H3. The molecular formula is C13H21N3O. The van der Waals surface area contributed by atoms with E-state index >= 15 is 0 Å². The van der Waals surface area contributed by atoms with E-state index in [4.69, 9.17) is 5.73 Å². The predicted molar refractivity (Wildman–Crippen MR) is 66.5 cm³/mol. The highest BCUT2D eigenvalue weighted by atomic mass is 16.1. The molecule has 2 atom stereocenters. The lowest BCUT2D eigenvalue weighted by atomic mass is 9.79. The van der Waals surface area contributed by atoms with Gasteiger partial charge in [-0.15, -0.1) is 0 Å². The van der Waals surface area contributed by atoms with Crippen LogP contribution < -0.4 is 5.73 Å². The van der Waals surface area contributed by atoms with Crippen LogP contribution in [0, 0.1) is 5.41 Å². The zero-order valence-corrected chi connectivity index (χ0v) is 10.6. The van der Waals surface area contributed by atoms with Crippen LogP contribution in [-0.4, -0.2) is 21.6 Å². The van der Waals surface area contributed by atoms with Gasteiger partial charge in [-0.25, -0.2) is 0 Å². The number of carbonyl (C=O) groups excluding carboxylic acids is 1. The van der Waals surface area contributed by atoms with Gasteiger partial charge < -0.3 is 5.73 Å². The largest absolute Gasteiger partial charge is 0.327 e. The van der Waals surface area contributed by atoms with Crippen molar-refractivity contribution in [1.82, 2.24) is 9.78 Å². The summed E-state index contributed by atoms with van der Waals surface area (Å²) in [5, 5.41) is 4.11. The molecular weight excluding hydrogens is 214 g/mol. The Kier molecular flexibility index (Phi) is 3.33. The molecule has 0 aliphatic heterocycles. The fraction of sp³-hybridized carbons (Fsp3) is 0.692. The topological polar surface area (TPSA) is 60.9 Å². The van der Waals surface area contributed by atoms with Crippen LogP contribution in [0.2, 0.25) is 0 Å². The summed E-state index contributed by atoms with van der Waals surface area (Å²) in [4.78, 5) is 12.3. The van der Waals surface area contributed by atoms with E-state index in [-0.39, 0.29) is 11.5 Å². The molecule has 2 unspecified atom stereocenters. The van der Waals surface area contributed by atoms with Crippen molar-refractivity contribution in [2.24, 2.45) is 18.2 Å². The maximum absolute atomic E-state index is 12.3. The summed E-state index contributed by atoms with van der Waals surface area (Å²) in [6.45, 7) is 2.02. The van der Waals surface area contributed by atoms with Gasteiger partial charge in [-0.1, -0.05) is 13.3 Å². The molecule has 4 heteroatoms. The van der Waals surface area contributed by atoms with Gasteiger partial charge in [0.2, 0.25) is 0 Å². The van der Waals surface area contributed by atoms with Crippen molar-refractivity contribution in [2.45, 2.75) is 45.1 Å². The van der Waals surface area contributed by atoms with Gasteiger partial charge in [0.05, 0.1) is 0 Å². The second kappa shape index (κ2) is 4.61. The Morgan fingerprint density at radius 1 is 1.71 bits per heavy atom. The molecule has 17 heavy (non-hydrogen) atoms. The molecule has 94 valence electrons. The Morgan fingerprint density at radius 2 is 2.47 bits per heavy atom. The van der Waals surface area contributed by atoms with Gasteiger partial charge in [-0.05, 0) is 25.3 Å². The molecule has 0 amide bonds. The summed E-state index contributed by atoms with van der Waals surface area (Å²) in [5.74, 6) is 0.309. The lowest BCUT2D eigenvalue weighted by molar-refractivity contribution is -0.128. The number of nitrogens with two attached hydrogens (primary N) is 1. The Bertz CT molecular complexity index is 413. The summed E-state index contributed by atoms with van der Waals surface area (Å²) < 4.78 is 1.82. The number of carbonyl (C=O) groups is 1. The number of rotatable bonds is 4. The van der Waals surface area contributed by atoms with Crippen LogP contribution in [0.5, 0.6) is 0 Å². The lowest BCUT2D eigenvalue weighted by Gasteiger charge is -2.27. The van der Waals surface area contributed by atoms with Crippen LogP contribution in [0.25, 0.3) is 0 Å². The molecule has 0 aromatic carbocycles. The van der Waals surface area contributed by atoms with Crippen LogP contribution in [0.3, 0.4) is 0 Å². The van der Waals surface area contributed by atoms with Crippen LogP contribution in [0.4, 0.5) is 0 Å². The van der Waals surface area contributed by atoms with E-state index in [1.54, 1.807) is 6.20 Å². The second-order valence-corrected chi connectivity index (χ2v) is 5.29. The van der Waals surface area contributed by atoms with Crippen LogP contribution in [-0.2, 0) is 18.3 Å². The van der Waals surface area contributed by atoms with Gasteiger partial charge in [-0.3, -0.25) is 9.48 Å². The van der Waals surface area contributed by atoms with Crippen molar-refractivity contribution < 1.29 is 4.79 Å². The van der Waals surface area contributed by atoms with Gasteiger partial charge >= 0.3 is 0 Å². The average Bonchev–Trinajstić information content (AvgIpc) is 2.84. The SMILES string of the molecule is Cn1nccc1CCC(=O)C1(C)CCCC1N. The quantitative estimate of drug-likeness (QED) is 0.859. The summed E-state index contributed by atoms with van der Waals surface area (Å²) >= 11 is 0. The molecule has 1 aliphatic rings. The Morgan fingerprint density at radius 3 is 3.00 bits per heavy atom. The van der Waals surface area contributed by atoms with Gasteiger partial charge in [0.25, 0.3) is 0 Å². The zero-order chi connectivity index (χ0) is 12.5. The molecule has 4 nitrogen and oxygen atoms in total. The first kappa shape index (κ1) is 12.3. The van der Waals surface area contributed by atoms with E-state index in [0.29, 0.717) is 12.2 Å². The van der Waals surface area contributed by atoms with E-state index in [2.05, 4.69) is 5.10 Å². The molecule has 1 fully saturated rings. The molecule has 1 heterocycles. The van der Waals surface area contributed by atoms with Crippen molar-refractivity contribution in [3.05, 3.63) is 18.0 Å². The van der Waals surface area contributed by atoms with Gasteiger partial charge in [-0.2, -0.15) is 5.10 Å². The third kappa shape index (κ3) is 2.27. The van der Waals surface area contributed by atoms with E-state index in [9.17, 15) is 4.79 Å². The van der Waals surface area contributed by atoms with Gasteiger partial charge in [0, 0.05) is 36.8 Å². The summed E-state index contributed by atoms with van der Waals surface area (Å²) in [7, 11) is 1.91. The summed E-state index contributed by atoms with van der Waals surface area (Å²) in [6, 6.07) is 2.01. The van der Waals surface area contributed by atoms with Gasteiger partial charge in [0.15, 0.2) is 0 Å². The second-order valence-electron chi connectivity index (χ2n) is 5.29.